The fourth-order valence-corrected chi connectivity index (χ4v) is 0.587. The third kappa shape index (κ3) is 6.68. The lowest BCUT2D eigenvalue weighted by atomic mass is 10.1. The largest absolute Gasteiger partial charge is 0.438 e. The normalized spacial score (nSPS) is 12.2. The minimum atomic E-state index is -0.0447. The first kappa shape index (κ1) is 12.0. The van der Waals surface area contributed by atoms with Gasteiger partial charge in [0, 0.05) is 12.2 Å². The van der Waals surface area contributed by atoms with Gasteiger partial charge in [-0.3, -0.25) is 0 Å². The van der Waals surface area contributed by atoms with E-state index in [0.717, 1.165) is 13.0 Å². The molecule has 0 amide bonds. The molecular weight excluding hydrogens is 151 g/mol. The Morgan fingerprint density at radius 3 is 2.33 bits per heavy atom. The monoisotopic (exact) mass is 172 g/mol. The van der Waals surface area contributed by atoms with E-state index in [2.05, 4.69) is 34.6 Å². The molecule has 0 radical (unpaired) electrons. The highest BCUT2D eigenvalue weighted by molar-refractivity contribution is 6.18. The average molecular weight is 172 g/mol. The Kier molecular flexibility index (Phi) is 5.59. The van der Waals surface area contributed by atoms with Crippen LogP contribution in [-0.2, 0) is 9.31 Å². The average Bonchev–Trinajstić information content (AvgIpc) is 1.98. The van der Waals surface area contributed by atoms with Crippen molar-refractivity contribution in [1.29, 1.82) is 0 Å². The fraction of sp³-hybridized carbons (Fsp3) is 1.00. The molecule has 0 aliphatic rings. The smallest absolute Gasteiger partial charge is 0.414 e. The SMILES string of the molecule is CCC(C)(C)OBOCC(C)C. The Morgan fingerprint density at radius 1 is 1.33 bits per heavy atom. The van der Waals surface area contributed by atoms with Crippen LogP contribution in [0, 0.1) is 5.92 Å². The summed E-state index contributed by atoms with van der Waals surface area (Å²) in [7, 11) is 0.416. The van der Waals surface area contributed by atoms with E-state index in [0.29, 0.717) is 13.6 Å². The summed E-state index contributed by atoms with van der Waals surface area (Å²) in [6, 6.07) is 0. The second-order valence-electron chi connectivity index (χ2n) is 4.14. The van der Waals surface area contributed by atoms with E-state index >= 15 is 0 Å². The van der Waals surface area contributed by atoms with Gasteiger partial charge >= 0.3 is 7.69 Å². The van der Waals surface area contributed by atoms with Gasteiger partial charge < -0.3 is 9.31 Å². The molecule has 0 atom stereocenters. The van der Waals surface area contributed by atoms with E-state index in [1.54, 1.807) is 0 Å². The molecule has 0 aliphatic carbocycles. The maximum Gasteiger partial charge on any atom is 0.438 e. The molecule has 0 aliphatic heterocycles. The second kappa shape index (κ2) is 5.60. The van der Waals surface area contributed by atoms with Crippen LogP contribution in [0.3, 0.4) is 0 Å². The van der Waals surface area contributed by atoms with E-state index in [4.69, 9.17) is 9.31 Å². The van der Waals surface area contributed by atoms with Gasteiger partial charge in [-0.25, -0.2) is 0 Å². The number of hydrogen-bond acceptors (Lipinski definition) is 2. The molecule has 72 valence electrons. The van der Waals surface area contributed by atoms with E-state index in [-0.39, 0.29) is 5.60 Å². The zero-order valence-electron chi connectivity index (χ0n) is 9.02. The lowest BCUT2D eigenvalue weighted by Crippen LogP contribution is -2.27. The van der Waals surface area contributed by atoms with Gasteiger partial charge in [-0.15, -0.1) is 0 Å². The van der Waals surface area contributed by atoms with Crippen molar-refractivity contribution >= 4 is 7.69 Å². The van der Waals surface area contributed by atoms with Crippen LogP contribution in [0.5, 0.6) is 0 Å². The van der Waals surface area contributed by atoms with Crippen LogP contribution in [0.1, 0.15) is 41.0 Å². The van der Waals surface area contributed by atoms with Gasteiger partial charge in [0.05, 0.1) is 0 Å². The Hall–Kier alpha value is -0.0151. The summed E-state index contributed by atoms with van der Waals surface area (Å²) in [5.41, 5.74) is -0.0447. The maximum atomic E-state index is 5.51. The van der Waals surface area contributed by atoms with Gasteiger partial charge in [-0.2, -0.15) is 0 Å². The molecule has 0 bridgehead atoms. The summed E-state index contributed by atoms with van der Waals surface area (Å²) in [6.07, 6.45) is 1.01. The Morgan fingerprint density at radius 2 is 1.92 bits per heavy atom. The molecule has 0 N–H and O–H groups in total. The van der Waals surface area contributed by atoms with Crippen molar-refractivity contribution in [2.75, 3.05) is 6.61 Å². The van der Waals surface area contributed by atoms with Crippen LogP contribution in [0.25, 0.3) is 0 Å². The zero-order valence-corrected chi connectivity index (χ0v) is 9.02. The van der Waals surface area contributed by atoms with Gasteiger partial charge in [-0.05, 0) is 26.2 Å². The first-order chi connectivity index (χ1) is 5.48. The molecule has 0 aromatic heterocycles. The van der Waals surface area contributed by atoms with Crippen LogP contribution >= 0.6 is 0 Å². The van der Waals surface area contributed by atoms with Crippen LogP contribution in [0.2, 0.25) is 0 Å². The van der Waals surface area contributed by atoms with E-state index in [9.17, 15) is 0 Å². The third-order valence-electron chi connectivity index (χ3n) is 1.84. The van der Waals surface area contributed by atoms with Crippen molar-refractivity contribution in [2.45, 2.75) is 46.6 Å². The molecule has 0 spiro atoms. The molecule has 0 aromatic rings. The maximum absolute atomic E-state index is 5.51. The molecule has 0 unspecified atom stereocenters. The van der Waals surface area contributed by atoms with Crippen molar-refractivity contribution < 1.29 is 9.31 Å². The van der Waals surface area contributed by atoms with Crippen LogP contribution in [0.4, 0.5) is 0 Å². The quantitative estimate of drug-likeness (QED) is 0.451. The first-order valence-corrected chi connectivity index (χ1v) is 4.69. The topological polar surface area (TPSA) is 18.5 Å². The Bertz CT molecular complexity index is 113. The molecule has 12 heavy (non-hydrogen) atoms. The Labute approximate surface area is 76.9 Å². The molecule has 2 nitrogen and oxygen atoms in total. The standard InChI is InChI=1S/C9H21BO2/c1-6-9(4,5)12-10-11-7-8(2)3/h8,10H,6-7H2,1-5H3. The number of hydrogen-bond donors (Lipinski definition) is 0. The highest BCUT2D eigenvalue weighted by atomic mass is 16.6. The molecule has 0 saturated carbocycles. The van der Waals surface area contributed by atoms with E-state index in [1.165, 1.54) is 0 Å². The summed E-state index contributed by atoms with van der Waals surface area (Å²) in [6.45, 7) is 11.3. The zero-order chi connectivity index (χ0) is 9.61. The fourth-order valence-electron chi connectivity index (χ4n) is 0.587. The predicted molar refractivity (Wildman–Crippen MR) is 53.4 cm³/mol. The van der Waals surface area contributed by atoms with Gasteiger partial charge in [0.1, 0.15) is 0 Å². The Balaban J connectivity index is 3.31. The van der Waals surface area contributed by atoms with Gasteiger partial charge in [0.15, 0.2) is 0 Å². The van der Waals surface area contributed by atoms with Gasteiger partial charge in [0.25, 0.3) is 0 Å². The summed E-state index contributed by atoms with van der Waals surface area (Å²) in [5.74, 6) is 0.582. The van der Waals surface area contributed by atoms with Crippen molar-refractivity contribution in [3.8, 4) is 0 Å². The lowest BCUT2D eigenvalue weighted by Gasteiger charge is -2.23. The van der Waals surface area contributed by atoms with Crippen molar-refractivity contribution in [3.63, 3.8) is 0 Å². The van der Waals surface area contributed by atoms with E-state index < -0.39 is 0 Å². The van der Waals surface area contributed by atoms with Gasteiger partial charge in [0.2, 0.25) is 0 Å². The van der Waals surface area contributed by atoms with Crippen molar-refractivity contribution in [2.24, 2.45) is 5.92 Å². The highest BCUT2D eigenvalue weighted by Crippen LogP contribution is 2.12. The summed E-state index contributed by atoms with van der Waals surface area (Å²) in [4.78, 5) is 0. The molecule has 0 saturated heterocycles. The van der Waals surface area contributed by atoms with Crippen molar-refractivity contribution in [1.82, 2.24) is 0 Å². The van der Waals surface area contributed by atoms with Crippen LogP contribution in [0.15, 0.2) is 0 Å². The van der Waals surface area contributed by atoms with Gasteiger partial charge in [-0.1, -0.05) is 20.8 Å². The first-order valence-electron chi connectivity index (χ1n) is 4.69. The molecular formula is C9H21BO2. The third-order valence-corrected chi connectivity index (χ3v) is 1.84. The second-order valence-corrected chi connectivity index (χ2v) is 4.14. The number of rotatable bonds is 6. The summed E-state index contributed by atoms with van der Waals surface area (Å²) in [5, 5.41) is 0. The highest BCUT2D eigenvalue weighted by Gasteiger charge is 2.15. The molecule has 0 heterocycles. The summed E-state index contributed by atoms with van der Waals surface area (Å²) >= 11 is 0. The molecule has 3 heteroatoms. The molecule has 0 fully saturated rings. The molecule has 0 aromatic carbocycles. The van der Waals surface area contributed by atoms with E-state index in [1.807, 2.05) is 0 Å². The van der Waals surface area contributed by atoms with Crippen LogP contribution < -0.4 is 0 Å². The van der Waals surface area contributed by atoms with Crippen LogP contribution in [-0.4, -0.2) is 19.9 Å². The predicted octanol–water partition coefficient (Wildman–Crippen LogP) is 2.13. The minimum Gasteiger partial charge on any atom is -0.414 e. The lowest BCUT2D eigenvalue weighted by molar-refractivity contribution is 0.0740. The molecule has 0 rings (SSSR count). The summed E-state index contributed by atoms with van der Waals surface area (Å²) < 4.78 is 10.8. The minimum absolute atomic E-state index is 0.0447. The van der Waals surface area contributed by atoms with Crippen molar-refractivity contribution in [3.05, 3.63) is 0 Å².